The van der Waals surface area contributed by atoms with Crippen molar-refractivity contribution in [2.45, 2.75) is 6.61 Å². The number of hydrogen-bond acceptors (Lipinski definition) is 3. The van der Waals surface area contributed by atoms with Crippen LogP contribution in [0, 0.1) is 0 Å². The summed E-state index contributed by atoms with van der Waals surface area (Å²) in [6.45, 7) is 0.221. The van der Waals surface area contributed by atoms with E-state index in [1.807, 2.05) is 0 Å². The van der Waals surface area contributed by atoms with Crippen molar-refractivity contribution in [3.8, 4) is 11.5 Å². The summed E-state index contributed by atoms with van der Waals surface area (Å²) >= 11 is 0. The maximum atomic E-state index is 9.18. The number of phenolic OH excluding ortho intramolecular Hbond substituents is 2. The van der Waals surface area contributed by atoms with Gasteiger partial charge in [0.25, 0.3) is 0 Å². The molecule has 0 aliphatic rings. The van der Waals surface area contributed by atoms with Crippen molar-refractivity contribution in [3.05, 3.63) is 23.8 Å². The molecule has 3 nitrogen and oxygen atoms in total. The molecule has 1 rings (SSSR count). The van der Waals surface area contributed by atoms with Crippen LogP contribution >= 0.6 is 0 Å². The lowest BCUT2D eigenvalue weighted by molar-refractivity contribution is 0.179. The first-order valence-corrected chi connectivity index (χ1v) is 3.24. The number of rotatable bonds is 2. The van der Waals surface area contributed by atoms with E-state index in [9.17, 15) is 10.2 Å². The predicted molar refractivity (Wildman–Crippen MR) is 40.5 cm³/mol. The monoisotopic (exact) mass is 154 g/mol. The summed E-state index contributed by atoms with van der Waals surface area (Å²) in [5.74, 6) is 0.124. The zero-order chi connectivity index (χ0) is 8.27. The molecule has 0 saturated carbocycles. The standard InChI is InChI=1S/C8H10O3/c1-11-5-6-7(9)3-2-4-8(6)10/h2-4,9-10H,5H2,1H3. The Bertz CT molecular complexity index is 225. The molecule has 2 N–H and O–H groups in total. The third kappa shape index (κ3) is 1.62. The van der Waals surface area contributed by atoms with Crippen LogP contribution in [0.2, 0.25) is 0 Å². The van der Waals surface area contributed by atoms with Gasteiger partial charge in [0.2, 0.25) is 0 Å². The van der Waals surface area contributed by atoms with Crippen molar-refractivity contribution in [3.63, 3.8) is 0 Å². The van der Waals surface area contributed by atoms with Gasteiger partial charge < -0.3 is 14.9 Å². The lowest BCUT2D eigenvalue weighted by Gasteiger charge is -2.04. The molecule has 0 aliphatic heterocycles. The van der Waals surface area contributed by atoms with Gasteiger partial charge >= 0.3 is 0 Å². The highest BCUT2D eigenvalue weighted by atomic mass is 16.5. The van der Waals surface area contributed by atoms with E-state index in [-0.39, 0.29) is 18.1 Å². The molecule has 0 radical (unpaired) electrons. The Morgan fingerprint density at radius 3 is 2.27 bits per heavy atom. The molecule has 11 heavy (non-hydrogen) atoms. The molecular weight excluding hydrogens is 144 g/mol. The fraction of sp³-hybridized carbons (Fsp3) is 0.250. The predicted octanol–water partition coefficient (Wildman–Crippen LogP) is 1.24. The number of benzene rings is 1. The van der Waals surface area contributed by atoms with Crippen LogP contribution in [0.5, 0.6) is 11.5 Å². The summed E-state index contributed by atoms with van der Waals surface area (Å²) in [5, 5.41) is 18.4. The van der Waals surface area contributed by atoms with E-state index in [1.165, 1.54) is 19.2 Å². The Labute approximate surface area is 64.9 Å². The van der Waals surface area contributed by atoms with Crippen molar-refractivity contribution in [1.82, 2.24) is 0 Å². The summed E-state index contributed by atoms with van der Waals surface area (Å²) in [6.07, 6.45) is 0. The molecular formula is C8H10O3. The Hall–Kier alpha value is -1.22. The minimum absolute atomic E-state index is 0.0619. The minimum Gasteiger partial charge on any atom is -0.507 e. The smallest absolute Gasteiger partial charge is 0.124 e. The third-order valence-corrected chi connectivity index (χ3v) is 1.42. The van der Waals surface area contributed by atoms with Crippen molar-refractivity contribution >= 4 is 0 Å². The Morgan fingerprint density at radius 2 is 1.82 bits per heavy atom. The first-order valence-electron chi connectivity index (χ1n) is 3.24. The van der Waals surface area contributed by atoms with Crippen LogP contribution in [-0.2, 0) is 11.3 Å². The quantitative estimate of drug-likeness (QED) is 0.673. The van der Waals surface area contributed by atoms with Crippen LogP contribution < -0.4 is 0 Å². The first-order chi connectivity index (χ1) is 5.25. The summed E-state index contributed by atoms with van der Waals surface area (Å²) < 4.78 is 4.77. The molecule has 0 amide bonds. The molecule has 1 aromatic carbocycles. The van der Waals surface area contributed by atoms with E-state index in [4.69, 9.17) is 4.74 Å². The fourth-order valence-corrected chi connectivity index (χ4v) is 0.855. The summed E-state index contributed by atoms with van der Waals surface area (Å²) in [4.78, 5) is 0. The van der Waals surface area contributed by atoms with Crippen LogP contribution in [-0.4, -0.2) is 17.3 Å². The highest BCUT2D eigenvalue weighted by molar-refractivity contribution is 5.42. The molecule has 60 valence electrons. The molecule has 0 atom stereocenters. The largest absolute Gasteiger partial charge is 0.507 e. The van der Waals surface area contributed by atoms with Gasteiger partial charge in [-0.3, -0.25) is 0 Å². The zero-order valence-electron chi connectivity index (χ0n) is 6.24. The average molecular weight is 154 g/mol. The van der Waals surface area contributed by atoms with Gasteiger partial charge in [-0.2, -0.15) is 0 Å². The lowest BCUT2D eigenvalue weighted by Crippen LogP contribution is -1.88. The van der Waals surface area contributed by atoms with Crippen molar-refractivity contribution in [2.75, 3.05) is 7.11 Å². The summed E-state index contributed by atoms with van der Waals surface area (Å²) in [6, 6.07) is 4.59. The number of methoxy groups -OCH3 is 1. The molecule has 0 aliphatic carbocycles. The van der Waals surface area contributed by atoms with Gasteiger partial charge in [-0.1, -0.05) is 6.07 Å². The van der Waals surface area contributed by atoms with Gasteiger partial charge in [0.05, 0.1) is 12.2 Å². The Morgan fingerprint density at radius 1 is 1.27 bits per heavy atom. The zero-order valence-corrected chi connectivity index (χ0v) is 6.24. The number of hydrogen-bond donors (Lipinski definition) is 2. The van der Waals surface area contributed by atoms with E-state index < -0.39 is 0 Å². The normalized spacial score (nSPS) is 9.91. The van der Waals surface area contributed by atoms with Gasteiger partial charge in [0.15, 0.2) is 0 Å². The van der Waals surface area contributed by atoms with Crippen LogP contribution in [0.15, 0.2) is 18.2 Å². The Balaban J connectivity index is 3.00. The fourth-order valence-electron chi connectivity index (χ4n) is 0.855. The second-order valence-electron chi connectivity index (χ2n) is 2.21. The van der Waals surface area contributed by atoms with Crippen LogP contribution in [0.4, 0.5) is 0 Å². The number of aromatic hydroxyl groups is 2. The molecule has 0 aromatic heterocycles. The van der Waals surface area contributed by atoms with Gasteiger partial charge in [-0.25, -0.2) is 0 Å². The molecule has 1 aromatic rings. The molecule has 0 bridgehead atoms. The SMILES string of the molecule is COCc1c(O)cccc1O. The molecule has 0 spiro atoms. The number of phenols is 2. The minimum atomic E-state index is 0.0619. The van der Waals surface area contributed by atoms with Gasteiger partial charge in [0.1, 0.15) is 11.5 Å². The topological polar surface area (TPSA) is 49.7 Å². The van der Waals surface area contributed by atoms with E-state index in [0.29, 0.717) is 5.56 Å². The van der Waals surface area contributed by atoms with Crippen molar-refractivity contribution < 1.29 is 14.9 Å². The maximum Gasteiger partial charge on any atom is 0.124 e. The molecule has 3 heteroatoms. The molecule has 0 unspecified atom stereocenters. The van der Waals surface area contributed by atoms with E-state index >= 15 is 0 Å². The second kappa shape index (κ2) is 3.25. The van der Waals surface area contributed by atoms with Crippen LogP contribution in [0.3, 0.4) is 0 Å². The second-order valence-corrected chi connectivity index (χ2v) is 2.21. The average Bonchev–Trinajstić information content (AvgIpc) is 1.97. The van der Waals surface area contributed by atoms with Crippen LogP contribution in [0.1, 0.15) is 5.56 Å². The lowest BCUT2D eigenvalue weighted by atomic mass is 10.2. The van der Waals surface area contributed by atoms with E-state index in [2.05, 4.69) is 0 Å². The maximum absolute atomic E-state index is 9.18. The van der Waals surface area contributed by atoms with Gasteiger partial charge in [0, 0.05) is 7.11 Å². The Kier molecular flexibility index (Phi) is 2.33. The summed E-state index contributed by atoms with van der Waals surface area (Å²) in [7, 11) is 1.51. The summed E-state index contributed by atoms with van der Waals surface area (Å²) in [5.41, 5.74) is 0.426. The molecule has 0 saturated heterocycles. The third-order valence-electron chi connectivity index (χ3n) is 1.42. The van der Waals surface area contributed by atoms with Crippen LogP contribution in [0.25, 0.3) is 0 Å². The number of ether oxygens (including phenoxy) is 1. The van der Waals surface area contributed by atoms with Crippen molar-refractivity contribution in [1.29, 1.82) is 0 Å². The van der Waals surface area contributed by atoms with E-state index in [1.54, 1.807) is 6.07 Å². The van der Waals surface area contributed by atoms with Crippen molar-refractivity contribution in [2.24, 2.45) is 0 Å². The first kappa shape index (κ1) is 7.88. The highest BCUT2D eigenvalue weighted by Gasteiger charge is 2.04. The van der Waals surface area contributed by atoms with E-state index in [0.717, 1.165) is 0 Å². The highest BCUT2D eigenvalue weighted by Crippen LogP contribution is 2.26. The van der Waals surface area contributed by atoms with Gasteiger partial charge in [-0.15, -0.1) is 0 Å². The van der Waals surface area contributed by atoms with Gasteiger partial charge in [-0.05, 0) is 12.1 Å². The molecule has 0 fully saturated rings. The molecule has 0 heterocycles.